The zero-order valence-corrected chi connectivity index (χ0v) is 13.8. The Morgan fingerprint density at radius 1 is 1.17 bits per heavy atom. The fourth-order valence-electron chi connectivity index (χ4n) is 1.79. The van der Waals surface area contributed by atoms with E-state index in [9.17, 15) is 14.4 Å². The maximum absolute atomic E-state index is 11.6. The second-order valence-corrected chi connectivity index (χ2v) is 5.27. The van der Waals surface area contributed by atoms with E-state index >= 15 is 0 Å². The van der Waals surface area contributed by atoms with E-state index < -0.39 is 24.5 Å². The molecule has 0 aliphatic heterocycles. The number of aryl methyl sites for hydroxylation is 1. The fraction of sp³-hybridized carbons (Fsp3) is 0.438. The van der Waals surface area contributed by atoms with Gasteiger partial charge in [0, 0.05) is 7.05 Å². The van der Waals surface area contributed by atoms with Crippen molar-refractivity contribution in [3.05, 3.63) is 29.3 Å². The van der Waals surface area contributed by atoms with Gasteiger partial charge in [0.15, 0.2) is 13.2 Å². The van der Waals surface area contributed by atoms with Crippen LogP contribution < -0.4 is 15.4 Å². The molecule has 0 fully saturated rings. The average molecular weight is 322 g/mol. The van der Waals surface area contributed by atoms with Gasteiger partial charge in [0.05, 0.1) is 0 Å². The minimum atomic E-state index is -0.712. The van der Waals surface area contributed by atoms with Crippen molar-refractivity contribution in [1.29, 1.82) is 0 Å². The van der Waals surface area contributed by atoms with Crippen LogP contribution in [0.1, 0.15) is 30.9 Å². The van der Waals surface area contributed by atoms with Gasteiger partial charge < -0.3 is 14.8 Å². The molecule has 0 aromatic heterocycles. The smallest absolute Gasteiger partial charge is 0.344 e. The number of hydrogen-bond acceptors (Lipinski definition) is 5. The van der Waals surface area contributed by atoms with Crippen LogP contribution in [0.4, 0.5) is 4.79 Å². The van der Waals surface area contributed by atoms with E-state index in [2.05, 4.69) is 5.32 Å². The van der Waals surface area contributed by atoms with Gasteiger partial charge in [-0.2, -0.15) is 0 Å². The molecule has 7 nitrogen and oxygen atoms in total. The van der Waals surface area contributed by atoms with Crippen molar-refractivity contribution in [2.24, 2.45) is 0 Å². The Morgan fingerprint density at radius 3 is 2.48 bits per heavy atom. The number of imide groups is 1. The molecule has 1 aromatic rings. The summed E-state index contributed by atoms with van der Waals surface area (Å²) in [6, 6.07) is 5.12. The van der Waals surface area contributed by atoms with Crippen molar-refractivity contribution in [2.75, 3.05) is 20.3 Å². The van der Waals surface area contributed by atoms with Crippen LogP contribution in [0.25, 0.3) is 0 Å². The van der Waals surface area contributed by atoms with Crippen molar-refractivity contribution < 1.29 is 23.9 Å². The SMILES string of the molecule is CNC(=O)NC(=O)COC(=O)COc1cc(C)ccc1C(C)C. The first-order valence-corrected chi connectivity index (χ1v) is 7.24. The van der Waals surface area contributed by atoms with E-state index in [1.54, 1.807) is 0 Å². The number of hydrogen-bond donors (Lipinski definition) is 2. The lowest BCUT2D eigenvalue weighted by molar-refractivity contribution is -0.150. The summed E-state index contributed by atoms with van der Waals surface area (Å²) in [5.74, 6) is -0.531. The van der Waals surface area contributed by atoms with E-state index in [0.717, 1.165) is 11.1 Å². The molecule has 0 unspecified atom stereocenters. The summed E-state index contributed by atoms with van der Waals surface area (Å²) >= 11 is 0. The number of carbonyl (C=O) groups is 3. The van der Waals surface area contributed by atoms with Crippen LogP contribution in [0.2, 0.25) is 0 Å². The Bertz CT molecular complexity index is 584. The highest BCUT2D eigenvalue weighted by Gasteiger charge is 2.13. The maximum Gasteiger partial charge on any atom is 0.344 e. The second-order valence-electron chi connectivity index (χ2n) is 5.27. The van der Waals surface area contributed by atoms with Crippen LogP contribution in [0.3, 0.4) is 0 Å². The van der Waals surface area contributed by atoms with Crippen LogP contribution in [-0.2, 0) is 14.3 Å². The summed E-state index contributed by atoms with van der Waals surface area (Å²) in [7, 11) is 1.37. The quantitative estimate of drug-likeness (QED) is 0.774. The van der Waals surface area contributed by atoms with E-state index in [-0.39, 0.29) is 12.5 Å². The highest BCUT2D eigenvalue weighted by Crippen LogP contribution is 2.27. The zero-order valence-electron chi connectivity index (χ0n) is 13.8. The average Bonchev–Trinajstić information content (AvgIpc) is 2.50. The van der Waals surface area contributed by atoms with Gasteiger partial charge in [0.2, 0.25) is 0 Å². The Hall–Kier alpha value is -2.57. The molecule has 0 radical (unpaired) electrons. The third kappa shape index (κ3) is 6.37. The van der Waals surface area contributed by atoms with Gasteiger partial charge in [-0.05, 0) is 30.0 Å². The molecule has 7 heteroatoms. The molecule has 0 saturated carbocycles. The highest BCUT2D eigenvalue weighted by molar-refractivity contribution is 5.95. The molecule has 3 amide bonds. The molecule has 0 aliphatic carbocycles. The molecule has 1 rings (SSSR count). The number of ether oxygens (including phenoxy) is 2. The standard InChI is InChI=1S/C16H22N2O5/c1-10(2)12-6-5-11(3)7-13(12)22-9-15(20)23-8-14(19)18-16(21)17-4/h5-7,10H,8-9H2,1-4H3,(H2,17,18,19,21). The molecule has 23 heavy (non-hydrogen) atoms. The zero-order chi connectivity index (χ0) is 17.4. The van der Waals surface area contributed by atoms with Gasteiger partial charge in [-0.25, -0.2) is 9.59 Å². The summed E-state index contributed by atoms with van der Waals surface area (Å²) in [4.78, 5) is 33.8. The van der Waals surface area contributed by atoms with Gasteiger partial charge in [-0.3, -0.25) is 10.1 Å². The van der Waals surface area contributed by atoms with Gasteiger partial charge in [0.25, 0.3) is 5.91 Å². The number of carbonyl (C=O) groups excluding carboxylic acids is 3. The molecule has 0 bridgehead atoms. The first kappa shape index (κ1) is 18.5. The van der Waals surface area contributed by atoms with Crippen LogP contribution in [-0.4, -0.2) is 38.2 Å². The number of urea groups is 1. The van der Waals surface area contributed by atoms with Crippen LogP contribution in [0.15, 0.2) is 18.2 Å². The third-order valence-corrected chi connectivity index (χ3v) is 2.98. The Morgan fingerprint density at radius 2 is 1.87 bits per heavy atom. The van der Waals surface area contributed by atoms with E-state index in [1.165, 1.54) is 7.05 Å². The van der Waals surface area contributed by atoms with Crippen molar-refractivity contribution >= 4 is 17.9 Å². The van der Waals surface area contributed by atoms with Gasteiger partial charge in [-0.1, -0.05) is 26.0 Å². The summed E-state index contributed by atoms with van der Waals surface area (Å²) in [5, 5.41) is 4.20. The molecule has 0 aliphatic rings. The van der Waals surface area contributed by atoms with E-state index in [0.29, 0.717) is 5.75 Å². The summed E-state index contributed by atoms with van der Waals surface area (Å²) in [6.45, 7) is 5.13. The number of benzene rings is 1. The number of nitrogens with one attached hydrogen (secondary N) is 2. The normalized spacial score (nSPS) is 10.1. The lowest BCUT2D eigenvalue weighted by Gasteiger charge is -2.14. The molecule has 0 saturated heterocycles. The molecule has 0 spiro atoms. The maximum atomic E-state index is 11.6. The fourth-order valence-corrected chi connectivity index (χ4v) is 1.79. The third-order valence-electron chi connectivity index (χ3n) is 2.98. The van der Waals surface area contributed by atoms with Crippen LogP contribution in [0, 0.1) is 6.92 Å². The lowest BCUT2D eigenvalue weighted by Crippen LogP contribution is -2.40. The Labute approximate surface area is 135 Å². The van der Waals surface area contributed by atoms with E-state index in [4.69, 9.17) is 9.47 Å². The second kappa shape index (κ2) is 8.77. The van der Waals surface area contributed by atoms with Gasteiger partial charge in [0.1, 0.15) is 5.75 Å². The Balaban J connectivity index is 2.49. The van der Waals surface area contributed by atoms with Crippen molar-refractivity contribution in [2.45, 2.75) is 26.7 Å². The predicted octanol–water partition coefficient (Wildman–Crippen LogP) is 1.50. The first-order valence-electron chi connectivity index (χ1n) is 7.24. The molecular formula is C16H22N2O5. The number of amides is 3. The lowest BCUT2D eigenvalue weighted by atomic mass is 10.0. The van der Waals surface area contributed by atoms with E-state index in [1.807, 2.05) is 44.3 Å². The molecule has 0 heterocycles. The number of esters is 1. The molecule has 1 aromatic carbocycles. The predicted molar refractivity (Wildman–Crippen MR) is 84.3 cm³/mol. The molecular weight excluding hydrogens is 300 g/mol. The summed E-state index contributed by atoms with van der Waals surface area (Å²) < 4.78 is 10.2. The van der Waals surface area contributed by atoms with Crippen molar-refractivity contribution in [1.82, 2.24) is 10.6 Å². The summed E-state index contributed by atoms with van der Waals surface area (Å²) in [6.07, 6.45) is 0. The topological polar surface area (TPSA) is 93.7 Å². The van der Waals surface area contributed by atoms with Crippen LogP contribution in [0.5, 0.6) is 5.75 Å². The molecule has 0 atom stereocenters. The summed E-state index contributed by atoms with van der Waals surface area (Å²) in [5.41, 5.74) is 2.00. The Kier molecular flexibility index (Phi) is 7.05. The largest absolute Gasteiger partial charge is 0.482 e. The van der Waals surface area contributed by atoms with Crippen molar-refractivity contribution in [3.63, 3.8) is 0 Å². The van der Waals surface area contributed by atoms with Gasteiger partial charge >= 0.3 is 12.0 Å². The van der Waals surface area contributed by atoms with Crippen LogP contribution >= 0.6 is 0 Å². The monoisotopic (exact) mass is 322 g/mol. The molecule has 126 valence electrons. The molecule has 2 N–H and O–H groups in total. The van der Waals surface area contributed by atoms with Crippen molar-refractivity contribution in [3.8, 4) is 5.75 Å². The first-order chi connectivity index (χ1) is 10.8. The highest BCUT2D eigenvalue weighted by atomic mass is 16.6. The minimum absolute atomic E-state index is 0.250. The van der Waals surface area contributed by atoms with Gasteiger partial charge in [-0.15, -0.1) is 0 Å². The number of rotatable bonds is 6. The minimum Gasteiger partial charge on any atom is -0.482 e.